The predicted molar refractivity (Wildman–Crippen MR) is 105 cm³/mol. The summed E-state index contributed by atoms with van der Waals surface area (Å²) < 4.78 is 5.64. The summed E-state index contributed by atoms with van der Waals surface area (Å²) in [6, 6.07) is 11.2. The van der Waals surface area contributed by atoms with E-state index in [4.69, 9.17) is 16.3 Å². The molecule has 0 radical (unpaired) electrons. The van der Waals surface area contributed by atoms with Crippen LogP contribution in [0.25, 0.3) is 0 Å². The summed E-state index contributed by atoms with van der Waals surface area (Å²) in [7, 11) is 0. The van der Waals surface area contributed by atoms with Crippen LogP contribution in [0.4, 0.5) is 0 Å². The van der Waals surface area contributed by atoms with Gasteiger partial charge in [0.25, 0.3) is 0 Å². The van der Waals surface area contributed by atoms with Crippen LogP contribution in [0.3, 0.4) is 0 Å². The molecular weight excluding hydrogens is 358 g/mol. The van der Waals surface area contributed by atoms with Crippen LogP contribution in [0.15, 0.2) is 46.8 Å². The number of para-hydroxylation sites is 1. The second-order valence-corrected chi connectivity index (χ2v) is 7.01. The first-order chi connectivity index (χ1) is 12.0. The quantitative estimate of drug-likeness (QED) is 0.373. The minimum atomic E-state index is -0.982. The van der Waals surface area contributed by atoms with Gasteiger partial charge >= 0.3 is 0 Å². The average Bonchev–Trinajstić information content (AvgIpc) is 3.13. The molecule has 1 unspecified atom stereocenters. The van der Waals surface area contributed by atoms with Crippen molar-refractivity contribution in [2.75, 3.05) is 26.2 Å². The lowest BCUT2D eigenvalue weighted by Gasteiger charge is -2.20. The molecule has 7 heteroatoms. The minimum Gasteiger partial charge on any atom is -0.490 e. The van der Waals surface area contributed by atoms with Crippen molar-refractivity contribution in [3.8, 4) is 5.75 Å². The standard InChI is InChI=1S/C18H24ClN3O2S/c1-3-20-17(22-13-18(2,23)16-9-6-12-25-16)21-10-11-24-15-8-5-4-7-14(15)19/h4-9,12,23H,3,10-11,13H2,1-2H3,(H2,20,21,22). The number of aliphatic hydroxyl groups is 1. The number of hydrogen-bond acceptors (Lipinski definition) is 4. The molecule has 0 aliphatic carbocycles. The molecule has 25 heavy (non-hydrogen) atoms. The van der Waals surface area contributed by atoms with E-state index in [1.54, 1.807) is 13.0 Å². The third-order valence-electron chi connectivity index (χ3n) is 3.43. The molecule has 0 amide bonds. The van der Waals surface area contributed by atoms with Gasteiger partial charge in [0.05, 0.1) is 18.1 Å². The first-order valence-electron chi connectivity index (χ1n) is 8.19. The number of aliphatic imine (C=N–C) groups is 1. The number of guanidine groups is 1. The molecule has 2 rings (SSSR count). The number of thiophene rings is 1. The zero-order chi connectivity index (χ0) is 18.1. The molecule has 1 aromatic carbocycles. The highest BCUT2D eigenvalue weighted by molar-refractivity contribution is 7.10. The summed E-state index contributed by atoms with van der Waals surface area (Å²) in [4.78, 5) is 5.37. The molecule has 0 fully saturated rings. The van der Waals surface area contributed by atoms with Crippen LogP contribution in [0, 0.1) is 0 Å². The van der Waals surface area contributed by atoms with Crippen LogP contribution in [-0.4, -0.2) is 37.3 Å². The maximum Gasteiger partial charge on any atom is 0.191 e. The predicted octanol–water partition coefficient (Wildman–Crippen LogP) is 3.24. The second-order valence-electron chi connectivity index (χ2n) is 5.65. The molecule has 1 aromatic heterocycles. The fourth-order valence-electron chi connectivity index (χ4n) is 2.13. The molecule has 0 spiro atoms. The van der Waals surface area contributed by atoms with E-state index in [0.29, 0.717) is 29.9 Å². The third kappa shape index (κ3) is 6.23. The Labute approximate surface area is 157 Å². The first kappa shape index (κ1) is 19.6. The highest BCUT2D eigenvalue weighted by Crippen LogP contribution is 2.25. The van der Waals surface area contributed by atoms with E-state index in [0.717, 1.165) is 11.4 Å². The average molecular weight is 382 g/mol. The van der Waals surface area contributed by atoms with E-state index in [1.807, 2.05) is 42.6 Å². The van der Waals surface area contributed by atoms with Gasteiger partial charge in [0.2, 0.25) is 0 Å². The Morgan fingerprint density at radius 2 is 2.08 bits per heavy atom. The number of benzene rings is 1. The third-order valence-corrected chi connectivity index (χ3v) is 4.87. The van der Waals surface area contributed by atoms with Crippen LogP contribution >= 0.6 is 22.9 Å². The van der Waals surface area contributed by atoms with E-state index in [-0.39, 0.29) is 6.54 Å². The molecule has 136 valence electrons. The van der Waals surface area contributed by atoms with Crippen molar-refractivity contribution in [3.63, 3.8) is 0 Å². The summed E-state index contributed by atoms with van der Waals surface area (Å²) in [5, 5.41) is 19.4. The molecule has 0 saturated carbocycles. The normalized spacial score (nSPS) is 14.0. The number of ether oxygens (including phenoxy) is 1. The van der Waals surface area contributed by atoms with Gasteiger partial charge in [-0.2, -0.15) is 0 Å². The van der Waals surface area contributed by atoms with Crippen molar-refractivity contribution in [2.24, 2.45) is 4.99 Å². The monoisotopic (exact) mass is 381 g/mol. The van der Waals surface area contributed by atoms with Crippen molar-refractivity contribution < 1.29 is 9.84 Å². The maximum atomic E-state index is 10.6. The summed E-state index contributed by atoms with van der Waals surface area (Å²) in [5.74, 6) is 1.30. The summed E-state index contributed by atoms with van der Waals surface area (Å²) in [6.45, 7) is 5.79. The van der Waals surface area contributed by atoms with E-state index >= 15 is 0 Å². The fraction of sp³-hybridized carbons (Fsp3) is 0.389. The van der Waals surface area contributed by atoms with Crippen LogP contribution in [0.5, 0.6) is 5.75 Å². The molecule has 0 saturated heterocycles. The van der Waals surface area contributed by atoms with Gasteiger partial charge in [-0.3, -0.25) is 0 Å². The van der Waals surface area contributed by atoms with Gasteiger partial charge in [0.15, 0.2) is 5.96 Å². The van der Waals surface area contributed by atoms with E-state index in [2.05, 4.69) is 15.6 Å². The largest absolute Gasteiger partial charge is 0.490 e. The number of halogens is 1. The zero-order valence-electron chi connectivity index (χ0n) is 14.5. The highest BCUT2D eigenvalue weighted by Gasteiger charge is 2.23. The minimum absolute atomic E-state index is 0.272. The lowest BCUT2D eigenvalue weighted by atomic mass is 10.1. The molecule has 2 aromatic rings. The van der Waals surface area contributed by atoms with Gasteiger partial charge in [-0.25, -0.2) is 4.99 Å². The summed E-state index contributed by atoms with van der Waals surface area (Å²) in [6.07, 6.45) is 0. The van der Waals surface area contributed by atoms with Crippen LogP contribution in [0.2, 0.25) is 5.02 Å². The Kier molecular flexibility index (Phi) is 7.55. The highest BCUT2D eigenvalue weighted by atomic mass is 35.5. The Hall–Kier alpha value is -1.76. The van der Waals surface area contributed by atoms with E-state index in [9.17, 15) is 5.11 Å². The Morgan fingerprint density at radius 1 is 1.28 bits per heavy atom. The van der Waals surface area contributed by atoms with Crippen LogP contribution in [-0.2, 0) is 5.60 Å². The smallest absolute Gasteiger partial charge is 0.191 e. The number of nitrogens with one attached hydrogen (secondary N) is 2. The zero-order valence-corrected chi connectivity index (χ0v) is 16.0. The molecule has 3 N–H and O–H groups in total. The van der Waals surface area contributed by atoms with E-state index in [1.165, 1.54) is 11.3 Å². The van der Waals surface area contributed by atoms with Crippen molar-refractivity contribution in [2.45, 2.75) is 19.4 Å². The molecule has 0 bridgehead atoms. The number of nitrogens with zero attached hydrogens (tertiary/aromatic N) is 1. The molecule has 5 nitrogen and oxygen atoms in total. The van der Waals surface area contributed by atoms with E-state index < -0.39 is 5.60 Å². The first-order valence-corrected chi connectivity index (χ1v) is 9.44. The Balaban J connectivity index is 1.84. The lowest BCUT2D eigenvalue weighted by molar-refractivity contribution is 0.0711. The van der Waals surface area contributed by atoms with Crippen LogP contribution < -0.4 is 15.4 Å². The fourth-order valence-corrected chi connectivity index (χ4v) is 3.10. The lowest BCUT2D eigenvalue weighted by Crippen LogP contribution is -2.40. The molecule has 1 atom stereocenters. The SMILES string of the molecule is CCNC(=NCC(C)(O)c1cccs1)NCCOc1ccccc1Cl. The van der Waals surface area contributed by atoms with Gasteiger partial charge in [0.1, 0.15) is 18.0 Å². The van der Waals surface area contributed by atoms with Gasteiger partial charge in [-0.1, -0.05) is 29.8 Å². The summed E-state index contributed by atoms with van der Waals surface area (Å²) >= 11 is 7.58. The second kappa shape index (κ2) is 9.65. The van der Waals surface area contributed by atoms with Crippen molar-refractivity contribution in [1.29, 1.82) is 0 Å². The van der Waals surface area contributed by atoms with Crippen molar-refractivity contribution in [3.05, 3.63) is 51.7 Å². The van der Waals surface area contributed by atoms with Gasteiger partial charge < -0.3 is 20.5 Å². The molecule has 1 heterocycles. The van der Waals surface area contributed by atoms with Crippen LogP contribution in [0.1, 0.15) is 18.7 Å². The van der Waals surface area contributed by atoms with Gasteiger partial charge in [-0.15, -0.1) is 11.3 Å². The van der Waals surface area contributed by atoms with Crippen molar-refractivity contribution in [1.82, 2.24) is 10.6 Å². The van der Waals surface area contributed by atoms with Crippen molar-refractivity contribution >= 4 is 28.9 Å². The van der Waals surface area contributed by atoms with Gasteiger partial charge in [0, 0.05) is 11.4 Å². The number of hydrogen-bond donors (Lipinski definition) is 3. The molecular formula is C18H24ClN3O2S. The van der Waals surface area contributed by atoms with Gasteiger partial charge in [-0.05, 0) is 37.4 Å². The maximum absolute atomic E-state index is 10.6. The molecule has 0 aliphatic heterocycles. The Morgan fingerprint density at radius 3 is 2.76 bits per heavy atom. The topological polar surface area (TPSA) is 65.9 Å². The number of rotatable bonds is 8. The molecule has 0 aliphatic rings. The summed E-state index contributed by atoms with van der Waals surface area (Å²) in [5.41, 5.74) is -0.982. The Bertz CT molecular complexity index is 675.